The highest BCUT2D eigenvalue weighted by Gasteiger charge is 2.45. The molecule has 2 nitrogen and oxygen atoms in total. The molecule has 4 heteroatoms. The van der Waals surface area contributed by atoms with Gasteiger partial charge in [0.2, 0.25) is 0 Å². The molecular weight excluding hydrogens is 176 g/mol. The summed E-state index contributed by atoms with van der Waals surface area (Å²) in [6.07, 6.45) is 2.55. The molecule has 2 atom stereocenters. The Morgan fingerprint density at radius 3 is 2.38 bits per heavy atom. The van der Waals surface area contributed by atoms with Crippen molar-refractivity contribution >= 4 is 0 Å². The van der Waals surface area contributed by atoms with E-state index < -0.39 is 6.61 Å². The molecule has 2 aliphatic heterocycles. The molecule has 3 fully saturated rings. The lowest BCUT2D eigenvalue weighted by molar-refractivity contribution is -0.199. The van der Waals surface area contributed by atoms with Gasteiger partial charge in [-0.2, -0.15) is 8.78 Å². The monoisotopic (exact) mass is 191 g/mol. The van der Waals surface area contributed by atoms with Gasteiger partial charge in [-0.1, -0.05) is 6.92 Å². The first-order valence-corrected chi connectivity index (χ1v) is 4.90. The van der Waals surface area contributed by atoms with Gasteiger partial charge in [-0.05, 0) is 25.8 Å². The van der Waals surface area contributed by atoms with Crippen molar-refractivity contribution in [2.24, 2.45) is 0 Å². The smallest absolute Gasteiger partial charge is 0.320 e. The molecule has 1 saturated carbocycles. The van der Waals surface area contributed by atoms with Crippen LogP contribution < -0.4 is 0 Å². The Bertz CT molecular complexity index is 176. The van der Waals surface area contributed by atoms with Gasteiger partial charge in [0, 0.05) is 12.1 Å². The predicted molar refractivity (Wildman–Crippen MR) is 44.7 cm³/mol. The van der Waals surface area contributed by atoms with Crippen LogP contribution in [-0.4, -0.2) is 36.2 Å². The van der Waals surface area contributed by atoms with Crippen LogP contribution in [0.1, 0.15) is 26.2 Å². The number of rotatable bonds is 3. The van der Waals surface area contributed by atoms with Crippen LogP contribution in [0.5, 0.6) is 0 Å². The molecular formula is C9H15F2NO. The Morgan fingerprint density at radius 2 is 1.92 bits per heavy atom. The van der Waals surface area contributed by atoms with Gasteiger partial charge < -0.3 is 4.74 Å². The summed E-state index contributed by atoms with van der Waals surface area (Å²) in [5.41, 5.74) is 0. The third kappa shape index (κ3) is 1.70. The molecule has 13 heavy (non-hydrogen) atoms. The Kier molecular flexibility index (Phi) is 2.51. The average molecular weight is 191 g/mol. The minimum absolute atomic E-state index is 0.202. The summed E-state index contributed by atoms with van der Waals surface area (Å²) in [5, 5.41) is 0. The molecule has 0 radical (unpaired) electrons. The molecule has 0 N–H and O–H groups in total. The van der Waals surface area contributed by atoms with Gasteiger partial charge in [-0.15, -0.1) is 0 Å². The molecule has 0 aromatic rings. The minimum Gasteiger partial charge on any atom is -0.320 e. The number of hydrogen-bond acceptors (Lipinski definition) is 2. The predicted octanol–water partition coefficient (Wildman–Crippen LogP) is 1.85. The maximum atomic E-state index is 11.9. The van der Waals surface area contributed by atoms with E-state index in [1.165, 1.54) is 6.42 Å². The molecule has 0 aromatic heterocycles. The van der Waals surface area contributed by atoms with Crippen LogP contribution in [0.3, 0.4) is 0 Å². The number of alkyl halides is 2. The fraction of sp³-hybridized carbons (Fsp3) is 1.00. The van der Waals surface area contributed by atoms with Crippen LogP contribution in [0.2, 0.25) is 0 Å². The van der Waals surface area contributed by atoms with Crippen LogP contribution in [0.4, 0.5) is 8.78 Å². The highest BCUT2D eigenvalue weighted by atomic mass is 19.3. The molecule has 3 rings (SSSR count). The van der Waals surface area contributed by atoms with E-state index in [1.54, 1.807) is 0 Å². The molecule has 2 unspecified atom stereocenters. The van der Waals surface area contributed by atoms with Crippen LogP contribution in [0.15, 0.2) is 0 Å². The Hall–Kier alpha value is -0.220. The zero-order chi connectivity index (χ0) is 9.42. The molecule has 2 bridgehead atoms. The Labute approximate surface area is 76.9 Å². The van der Waals surface area contributed by atoms with Gasteiger partial charge in [0.1, 0.15) is 0 Å². The molecule has 2 saturated heterocycles. The summed E-state index contributed by atoms with van der Waals surface area (Å²) in [5.74, 6) is 0. The number of ether oxygens (including phenoxy) is 1. The SMILES string of the molecule is CCN1C2CC(OC(F)F)CC1C2. The fourth-order valence-corrected chi connectivity index (χ4v) is 2.68. The van der Waals surface area contributed by atoms with E-state index in [1.807, 2.05) is 0 Å². The second-order valence-corrected chi connectivity index (χ2v) is 3.86. The van der Waals surface area contributed by atoms with Crippen LogP contribution in [-0.2, 0) is 4.74 Å². The molecule has 0 amide bonds. The van der Waals surface area contributed by atoms with Gasteiger partial charge in [-0.25, -0.2) is 0 Å². The first-order valence-electron chi connectivity index (χ1n) is 4.90. The minimum atomic E-state index is -2.60. The summed E-state index contributed by atoms with van der Waals surface area (Å²) in [7, 11) is 0. The summed E-state index contributed by atoms with van der Waals surface area (Å²) >= 11 is 0. The largest absolute Gasteiger partial charge is 0.345 e. The van der Waals surface area contributed by atoms with E-state index in [-0.39, 0.29) is 6.10 Å². The van der Waals surface area contributed by atoms with E-state index >= 15 is 0 Å². The zero-order valence-corrected chi connectivity index (χ0v) is 7.75. The second kappa shape index (κ2) is 3.50. The maximum absolute atomic E-state index is 11.9. The average Bonchev–Trinajstić information content (AvgIpc) is 2.03. The maximum Gasteiger partial charge on any atom is 0.345 e. The molecule has 0 aromatic carbocycles. The van der Waals surface area contributed by atoms with Crippen molar-refractivity contribution in [3.05, 3.63) is 0 Å². The number of piperidine rings is 1. The Morgan fingerprint density at radius 1 is 1.31 bits per heavy atom. The van der Waals surface area contributed by atoms with Crippen molar-refractivity contribution in [3.8, 4) is 0 Å². The van der Waals surface area contributed by atoms with Crippen molar-refractivity contribution in [2.75, 3.05) is 6.54 Å². The van der Waals surface area contributed by atoms with Gasteiger partial charge in [0.15, 0.2) is 0 Å². The number of nitrogens with zero attached hydrogens (tertiary/aromatic N) is 1. The third-order valence-electron chi connectivity index (χ3n) is 3.21. The molecule has 2 heterocycles. The highest BCUT2D eigenvalue weighted by molar-refractivity contribution is 4.99. The lowest BCUT2D eigenvalue weighted by atomic mass is 9.78. The van der Waals surface area contributed by atoms with E-state index in [2.05, 4.69) is 16.6 Å². The van der Waals surface area contributed by atoms with Crippen molar-refractivity contribution in [2.45, 2.75) is 51.0 Å². The lowest BCUT2D eigenvalue weighted by Crippen LogP contribution is -2.62. The van der Waals surface area contributed by atoms with E-state index in [0.29, 0.717) is 12.1 Å². The summed E-state index contributed by atoms with van der Waals surface area (Å²) in [6, 6.07) is 1.01. The number of halogens is 2. The first kappa shape index (κ1) is 9.34. The standard InChI is InChI=1S/C9H15F2NO/c1-2-12-6-3-7(12)5-8(4-6)13-9(10)11/h6-9H,2-5H2,1H3. The van der Waals surface area contributed by atoms with E-state index in [9.17, 15) is 8.78 Å². The zero-order valence-electron chi connectivity index (χ0n) is 7.75. The van der Waals surface area contributed by atoms with Gasteiger partial charge in [0.05, 0.1) is 6.10 Å². The van der Waals surface area contributed by atoms with Gasteiger partial charge in [-0.3, -0.25) is 4.90 Å². The molecule has 76 valence electrons. The summed E-state index contributed by atoms with van der Waals surface area (Å²) < 4.78 is 28.3. The van der Waals surface area contributed by atoms with Crippen LogP contribution >= 0.6 is 0 Å². The third-order valence-corrected chi connectivity index (χ3v) is 3.21. The van der Waals surface area contributed by atoms with Crippen LogP contribution in [0.25, 0.3) is 0 Å². The van der Waals surface area contributed by atoms with Crippen LogP contribution in [0, 0.1) is 0 Å². The molecule has 1 aliphatic carbocycles. The van der Waals surface area contributed by atoms with Gasteiger partial charge in [0.25, 0.3) is 0 Å². The van der Waals surface area contributed by atoms with Crippen molar-refractivity contribution in [1.29, 1.82) is 0 Å². The second-order valence-electron chi connectivity index (χ2n) is 3.86. The lowest BCUT2D eigenvalue weighted by Gasteiger charge is -2.54. The normalized spacial score (nSPS) is 39.2. The number of hydrogen-bond donors (Lipinski definition) is 0. The van der Waals surface area contributed by atoms with Crippen molar-refractivity contribution in [3.63, 3.8) is 0 Å². The van der Waals surface area contributed by atoms with Crippen molar-refractivity contribution < 1.29 is 13.5 Å². The van der Waals surface area contributed by atoms with Gasteiger partial charge >= 0.3 is 6.61 Å². The number of fused-ring (bicyclic) bond motifs is 2. The highest BCUT2D eigenvalue weighted by Crippen LogP contribution is 2.39. The Balaban J connectivity index is 1.82. The summed E-state index contributed by atoms with van der Waals surface area (Å²) in [6.45, 7) is 0.557. The van der Waals surface area contributed by atoms with E-state index in [0.717, 1.165) is 19.4 Å². The molecule has 0 spiro atoms. The molecule has 3 aliphatic rings. The first-order chi connectivity index (χ1) is 6.20. The quantitative estimate of drug-likeness (QED) is 0.675. The van der Waals surface area contributed by atoms with E-state index in [4.69, 9.17) is 0 Å². The summed E-state index contributed by atoms with van der Waals surface area (Å²) in [4.78, 5) is 2.38. The topological polar surface area (TPSA) is 12.5 Å². The van der Waals surface area contributed by atoms with Crippen molar-refractivity contribution in [1.82, 2.24) is 4.90 Å². The fourth-order valence-electron chi connectivity index (χ4n) is 2.68.